The molecule has 0 saturated carbocycles. The first-order chi connectivity index (χ1) is 9.25. The first kappa shape index (κ1) is 14.9. The van der Waals surface area contributed by atoms with Crippen LogP contribution in [0.2, 0.25) is 10.0 Å². The van der Waals surface area contributed by atoms with E-state index < -0.39 is 17.6 Å². The summed E-state index contributed by atoms with van der Waals surface area (Å²) in [4.78, 5) is 3.77. The number of methoxy groups -OCH3 is 1. The fourth-order valence-corrected chi connectivity index (χ4v) is 1.93. The summed E-state index contributed by atoms with van der Waals surface area (Å²) in [5, 5.41) is 4.06. The molecule has 0 aromatic carbocycles. The van der Waals surface area contributed by atoms with Crippen LogP contribution in [-0.4, -0.2) is 21.9 Å². The Balaban J connectivity index is 2.66. The molecule has 0 atom stereocenters. The van der Waals surface area contributed by atoms with Crippen molar-refractivity contribution in [3.8, 4) is 11.7 Å². The largest absolute Gasteiger partial charge is 0.481 e. The van der Waals surface area contributed by atoms with Crippen molar-refractivity contribution in [2.75, 3.05) is 7.11 Å². The molecular weight excluding hydrogens is 318 g/mol. The van der Waals surface area contributed by atoms with E-state index in [1.54, 1.807) is 6.92 Å². The Morgan fingerprint density at radius 2 is 1.90 bits per heavy atom. The predicted octanol–water partition coefficient (Wildman–Crippen LogP) is 3.91. The Labute approximate surface area is 122 Å². The van der Waals surface area contributed by atoms with Gasteiger partial charge in [0.1, 0.15) is 5.56 Å². The predicted molar refractivity (Wildman–Crippen MR) is 67.7 cm³/mol. The number of hydrogen-bond donors (Lipinski definition) is 0. The summed E-state index contributed by atoms with van der Waals surface area (Å²) in [7, 11) is 1.10. The molecular formula is C11H8Cl2F3N3O. The van der Waals surface area contributed by atoms with Gasteiger partial charge >= 0.3 is 6.18 Å². The van der Waals surface area contributed by atoms with E-state index in [1.165, 1.54) is 10.9 Å². The lowest BCUT2D eigenvalue weighted by Crippen LogP contribution is -2.12. The molecule has 0 N–H and O–H groups in total. The maximum atomic E-state index is 12.8. The van der Waals surface area contributed by atoms with E-state index in [0.29, 0.717) is 10.7 Å². The third-order valence-corrected chi connectivity index (χ3v) is 3.22. The molecule has 4 nitrogen and oxygen atoms in total. The normalized spacial score (nSPS) is 11.8. The molecule has 2 rings (SSSR count). The second-order valence-electron chi connectivity index (χ2n) is 3.84. The minimum absolute atomic E-state index is 0.0147. The van der Waals surface area contributed by atoms with Gasteiger partial charge in [-0.05, 0) is 13.0 Å². The maximum Gasteiger partial charge on any atom is 0.421 e. The van der Waals surface area contributed by atoms with Gasteiger partial charge in [0.15, 0.2) is 5.82 Å². The van der Waals surface area contributed by atoms with Crippen molar-refractivity contribution in [3.63, 3.8) is 0 Å². The molecule has 0 aliphatic carbocycles. The lowest BCUT2D eigenvalue weighted by Gasteiger charge is -2.14. The summed E-state index contributed by atoms with van der Waals surface area (Å²) in [5.41, 5.74) is -0.549. The number of pyridine rings is 1. The van der Waals surface area contributed by atoms with Crippen LogP contribution in [0, 0.1) is 6.92 Å². The summed E-state index contributed by atoms with van der Waals surface area (Å²) in [6, 6.07) is 0.748. The Morgan fingerprint density at radius 3 is 2.35 bits per heavy atom. The van der Waals surface area contributed by atoms with Crippen molar-refractivity contribution in [2.24, 2.45) is 0 Å². The average molecular weight is 326 g/mol. The van der Waals surface area contributed by atoms with Gasteiger partial charge < -0.3 is 4.74 Å². The van der Waals surface area contributed by atoms with Crippen LogP contribution in [0.4, 0.5) is 13.2 Å². The van der Waals surface area contributed by atoms with Crippen molar-refractivity contribution in [2.45, 2.75) is 13.1 Å². The van der Waals surface area contributed by atoms with Crippen LogP contribution in [0.5, 0.6) is 5.88 Å². The summed E-state index contributed by atoms with van der Waals surface area (Å²) in [6.45, 7) is 1.64. The molecule has 0 unspecified atom stereocenters. The molecule has 0 radical (unpaired) electrons. The number of halogens is 5. The monoisotopic (exact) mass is 325 g/mol. The zero-order valence-corrected chi connectivity index (χ0v) is 11.8. The smallest absolute Gasteiger partial charge is 0.421 e. The van der Waals surface area contributed by atoms with Crippen LogP contribution in [0.25, 0.3) is 5.82 Å². The van der Waals surface area contributed by atoms with Crippen LogP contribution < -0.4 is 4.74 Å². The van der Waals surface area contributed by atoms with Crippen molar-refractivity contribution >= 4 is 23.2 Å². The average Bonchev–Trinajstić information content (AvgIpc) is 2.69. The molecule has 20 heavy (non-hydrogen) atoms. The lowest BCUT2D eigenvalue weighted by atomic mass is 10.2. The molecule has 9 heteroatoms. The summed E-state index contributed by atoms with van der Waals surface area (Å²) < 4.78 is 44.3. The van der Waals surface area contributed by atoms with Crippen LogP contribution in [-0.2, 0) is 6.18 Å². The Morgan fingerprint density at radius 1 is 1.25 bits per heavy atom. The van der Waals surface area contributed by atoms with Gasteiger partial charge in [-0.2, -0.15) is 23.3 Å². The molecule has 0 fully saturated rings. The fraction of sp³-hybridized carbons (Fsp3) is 0.273. The molecule has 2 aromatic rings. The van der Waals surface area contributed by atoms with Gasteiger partial charge in [0.25, 0.3) is 0 Å². The van der Waals surface area contributed by atoms with Crippen molar-refractivity contribution in [1.82, 2.24) is 14.8 Å². The Hall–Kier alpha value is -1.47. The quantitative estimate of drug-likeness (QED) is 0.840. The number of alkyl halides is 3. The minimum Gasteiger partial charge on any atom is -0.481 e. The molecule has 0 aliphatic heterocycles. The Bertz CT molecular complexity index is 655. The van der Waals surface area contributed by atoms with Crippen LogP contribution in [0.3, 0.4) is 0 Å². The van der Waals surface area contributed by atoms with Crippen molar-refractivity contribution < 1.29 is 17.9 Å². The van der Waals surface area contributed by atoms with Gasteiger partial charge in [-0.3, -0.25) is 0 Å². The molecule has 2 aromatic heterocycles. The number of ether oxygens (including phenoxy) is 1. The molecule has 108 valence electrons. The number of rotatable bonds is 2. The van der Waals surface area contributed by atoms with Gasteiger partial charge in [-0.25, -0.2) is 4.68 Å². The van der Waals surface area contributed by atoms with E-state index in [0.717, 1.165) is 13.2 Å². The van der Waals surface area contributed by atoms with E-state index in [1.807, 2.05) is 0 Å². The first-order valence-electron chi connectivity index (χ1n) is 5.28. The summed E-state index contributed by atoms with van der Waals surface area (Å²) in [5.74, 6) is -0.566. The zero-order chi connectivity index (χ0) is 15.1. The fourth-order valence-electron chi connectivity index (χ4n) is 1.57. The standard InChI is InChI=1S/C11H8Cl2F3N3O/c1-5-8(13)4-17-19(5)9-7(12)3-6(11(14,15)16)10(18-9)20-2/h3-4H,1-2H3. The van der Waals surface area contributed by atoms with E-state index in [-0.39, 0.29) is 10.8 Å². The molecule has 0 aliphatic rings. The maximum absolute atomic E-state index is 12.8. The van der Waals surface area contributed by atoms with E-state index in [4.69, 9.17) is 23.2 Å². The van der Waals surface area contributed by atoms with E-state index >= 15 is 0 Å². The molecule has 2 heterocycles. The SMILES string of the molecule is COc1nc(-n2ncc(Cl)c2C)c(Cl)cc1C(F)(F)F. The highest BCUT2D eigenvalue weighted by molar-refractivity contribution is 6.32. The second kappa shape index (κ2) is 5.14. The highest BCUT2D eigenvalue weighted by atomic mass is 35.5. The van der Waals surface area contributed by atoms with Gasteiger partial charge in [-0.1, -0.05) is 23.2 Å². The van der Waals surface area contributed by atoms with Crippen LogP contribution >= 0.6 is 23.2 Å². The highest BCUT2D eigenvalue weighted by Gasteiger charge is 2.36. The zero-order valence-electron chi connectivity index (χ0n) is 10.3. The molecule has 0 bridgehead atoms. The van der Waals surface area contributed by atoms with Crippen LogP contribution in [0.1, 0.15) is 11.3 Å². The number of aromatic nitrogens is 3. The Kier molecular flexibility index (Phi) is 3.84. The van der Waals surface area contributed by atoms with Gasteiger partial charge in [0.2, 0.25) is 5.88 Å². The topological polar surface area (TPSA) is 39.9 Å². The van der Waals surface area contributed by atoms with Crippen LogP contribution in [0.15, 0.2) is 12.3 Å². The van der Waals surface area contributed by atoms with Gasteiger partial charge in [0.05, 0.1) is 29.0 Å². The number of nitrogens with zero attached hydrogens (tertiary/aromatic N) is 3. The lowest BCUT2D eigenvalue weighted by molar-refractivity contribution is -0.139. The van der Waals surface area contributed by atoms with E-state index in [9.17, 15) is 13.2 Å². The van der Waals surface area contributed by atoms with Crippen molar-refractivity contribution in [3.05, 3.63) is 33.6 Å². The molecule has 0 saturated heterocycles. The third-order valence-electron chi connectivity index (χ3n) is 2.57. The highest BCUT2D eigenvalue weighted by Crippen LogP contribution is 2.38. The minimum atomic E-state index is -4.61. The summed E-state index contributed by atoms with van der Waals surface area (Å²) >= 11 is 11.7. The first-order valence-corrected chi connectivity index (χ1v) is 6.03. The molecule has 0 spiro atoms. The third kappa shape index (κ3) is 2.55. The summed E-state index contributed by atoms with van der Waals surface area (Å²) in [6.07, 6.45) is -3.27. The van der Waals surface area contributed by atoms with Crippen molar-refractivity contribution in [1.29, 1.82) is 0 Å². The van der Waals surface area contributed by atoms with Gasteiger partial charge in [0, 0.05) is 0 Å². The molecule has 0 amide bonds. The van der Waals surface area contributed by atoms with E-state index in [2.05, 4.69) is 14.8 Å². The second-order valence-corrected chi connectivity index (χ2v) is 4.65. The van der Waals surface area contributed by atoms with Gasteiger partial charge in [-0.15, -0.1) is 0 Å². The number of hydrogen-bond acceptors (Lipinski definition) is 3.